The van der Waals surface area contributed by atoms with Gasteiger partial charge in [-0.3, -0.25) is 9.69 Å². The van der Waals surface area contributed by atoms with E-state index in [2.05, 4.69) is 41.9 Å². The van der Waals surface area contributed by atoms with Gasteiger partial charge in [0.25, 0.3) is 5.91 Å². The van der Waals surface area contributed by atoms with E-state index in [1.165, 1.54) is 16.9 Å². The Bertz CT molecular complexity index is 1080. The molecule has 6 heteroatoms. The van der Waals surface area contributed by atoms with Gasteiger partial charge in [0.05, 0.1) is 25.4 Å². The Balaban J connectivity index is 1.81. The number of aryl methyl sites for hydroxylation is 2. The summed E-state index contributed by atoms with van der Waals surface area (Å²) in [5, 5.41) is 0.737. The van der Waals surface area contributed by atoms with Crippen LogP contribution in [0.4, 0.5) is 5.13 Å². The van der Waals surface area contributed by atoms with Crippen molar-refractivity contribution in [2.75, 3.05) is 4.90 Å². The molecule has 2 heterocycles. The molecule has 3 nitrogen and oxygen atoms in total. The van der Waals surface area contributed by atoms with E-state index in [-0.39, 0.29) is 5.91 Å². The van der Waals surface area contributed by atoms with Gasteiger partial charge in [-0.15, -0.1) is 11.3 Å². The lowest BCUT2D eigenvalue weighted by Crippen LogP contribution is -2.29. The van der Waals surface area contributed by atoms with Gasteiger partial charge in [-0.05, 0) is 58.6 Å². The van der Waals surface area contributed by atoms with Crippen molar-refractivity contribution in [3.8, 4) is 0 Å². The normalized spacial score (nSPS) is 11.1. The molecule has 2 aromatic heterocycles. The van der Waals surface area contributed by atoms with E-state index in [0.717, 1.165) is 30.3 Å². The summed E-state index contributed by atoms with van der Waals surface area (Å²) < 4.78 is 2.09. The van der Waals surface area contributed by atoms with Crippen LogP contribution in [-0.2, 0) is 6.54 Å². The van der Waals surface area contributed by atoms with Crippen molar-refractivity contribution < 1.29 is 4.79 Å². The van der Waals surface area contributed by atoms with Gasteiger partial charge in [-0.1, -0.05) is 53.8 Å². The van der Waals surface area contributed by atoms with E-state index >= 15 is 0 Å². The number of hydrogen-bond donors (Lipinski definition) is 0. The van der Waals surface area contributed by atoms with Gasteiger partial charge in [-0.25, -0.2) is 4.98 Å². The maximum atomic E-state index is 13.3. The molecule has 0 saturated carbocycles. The molecule has 2 aromatic carbocycles. The average molecular weight is 457 g/mol. The molecular weight excluding hydrogens is 440 g/mol. The van der Waals surface area contributed by atoms with E-state index < -0.39 is 0 Å². The first-order valence-electron chi connectivity index (χ1n) is 8.51. The number of carbonyl (C=O) groups is 1. The summed E-state index contributed by atoms with van der Waals surface area (Å²) in [7, 11) is 0. The van der Waals surface area contributed by atoms with Gasteiger partial charge in [0.2, 0.25) is 0 Å². The van der Waals surface area contributed by atoms with Crippen molar-refractivity contribution >= 4 is 59.9 Å². The smallest absolute Gasteiger partial charge is 0.270 e. The van der Waals surface area contributed by atoms with Gasteiger partial charge < -0.3 is 0 Å². The molecule has 0 atom stereocenters. The Morgan fingerprint density at radius 2 is 1.74 bits per heavy atom. The SMILES string of the molecule is Cc1ccc(C)c2sc(N(Cc3ccccc3)C(=O)c3ccc(Br)s3)nc12. The minimum atomic E-state index is -0.0242. The Kier molecular flexibility index (Phi) is 5.12. The lowest BCUT2D eigenvalue weighted by atomic mass is 10.1. The number of halogens is 1. The fraction of sp³-hybridized carbons (Fsp3) is 0.143. The van der Waals surface area contributed by atoms with Crippen LogP contribution >= 0.6 is 38.6 Å². The monoisotopic (exact) mass is 456 g/mol. The number of hydrogen-bond acceptors (Lipinski definition) is 4. The van der Waals surface area contributed by atoms with Crippen LogP contribution in [0.2, 0.25) is 0 Å². The summed E-state index contributed by atoms with van der Waals surface area (Å²) in [6.45, 7) is 4.64. The number of anilines is 1. The molecule has 136 valence electrons. The van der Waals surface area contributed by atoms with Gasteiger partial charge in [0.1, 0.15) is 0 Å². The quantitative estimate of drug-likeness (QED) is 0.347. The number of benzene rings is 2. The maximum Gasteiger partial charge on any atom is 0.270 e. The number of carbonyl (C=O) groups excluding carboxylic acids is 1. The summed E-state index contributed by atoms with van der Waals surface area (Å²) in [4.78, 5) is 20.6. The molecule has 0 aliphatic carbocycles. The zero-order valence-corrected chi connectivity index (χ0v) is 18.1. The summed E-state index contributed by atoms with van der Waals surface area (Å²) in [5.74, 6) is -0.0242. The molecular formula is C21H17BrN2OS2. The van der Waals surface area contributed by atoms with Crippen molar-refractivity contribution in [3.05, 3.63) is 80.0 Å². The van der Waals surface area contributed by atoms with Crippen LogP contribution < -0.4 is 4.90 Å². The minimum Gasteiger partial charge on any atom is -0.279 e. The van der Waals surface area contributed by atoms with Crippen LogP contribution in [-0.4, -0.2) is 10.9 Å². The van der Waals surface area contributed by atoms with Crippen LogP contribution in [0.5, 0.6) is 0 Å². The second-order valence-electron chi connectivity index (χ2n) is 6.35. The topological polar surface area (TPSA) is 33.2 Å². The highest BCUT2D eigenvalue weighted by Crippen LogP contribution is 2.35. The number of rotatable bonds is 4. The predicted octanol–water partition coefficient (Wildman–Crippen LogP) is 6.58. The van der Waals surface area contributed by atoms with Gasteiger partial charge >= 0.3 is 0 Å². The van der Waals surface area contributed by atoms with Crippen molar-refractivity contribution in [2.45, 2.75) is 20.4 Å². The van der Waals surface area contributed by atoms with E-state index in [0.29, 0.717) is 11.4 Å². The van der Waals surface area contributed by atoms with E-state index in [1.807, 2.05) is 42.5 Å². The summed E-state index contributed by atoms with van der Waals surface area (Å²) in [6.07, 6.45) is 0. The lowest BCUT2D eigenvalue weighted by Gasteiger charge is -2.19. The zero-order chi connectivity index (χ0) is 19.0. The first kappa shape index (κ1) is 18.3. The summed E-state index contributed by atoms with van der Waals surface area (Å²) in [6, 6.07) is 18.0. The van der Waals surface area contributed by atoms with Gasteiger partial charge in [0, 0.05) is 0 Å². The molecule has 0 bridgehead atoms. The molecule has 0 aliphatic heterocycles. The van der Waals surface area contributed by atoms with Crippen molar-refractivity contribution in [3.63, 3.8) is 0 Å². The third kappa shape index (κ3) is 3.70. The molecule has 4 rings (SSSR count). The molecule has 0 fully saturated rings. The Morgan fingerprint density at radius 3 is 2.41 bits per heavy atom. The van der Waals surface area contributed by atoms with Crippen molar-refractivity contribution in [1.82, 2.24) is 4.98 Å². The second kappa shape index (κ2) is 7.54. The first-order chi connectivity index (χ1) is 13.0. The highest BCUT2D eigenvalue weighted by molar-refractivity contribution is 9.11. The Morgan fingerprint density at radius 1 is 1.00 bits per heavy atom. The number of thiazole rings is 1. The Labute approximate surface area is 174 Å². The lowest BCUT2D eigenvalue weighted by molar-refractivity contribution is 0.0989. The first-order valence-corrected chi connectivity index (χ1v) is 10.9. The molecule has 0 saturated heterocycles. The number of thiophene rings is 1. The number of aromatic nitrogens is 1. The van der Waals surface area contributed by atoms with Crippen LogP contribution in [0.3, 0.4) is 0 Å². The fourth-order valence-corrected chi connectivity index (χ4v) is 5.36. The fourth-order valence-electron chi connectivity index (χ4n) is 2.92. The average Bonchev–Trinajstić information content (AvgIpc) is 3.30. The number of amides is 1. The zero-order valence-electron chi connectivity index (χ0n) is 14.9. The van der Waals surface area contributed by atoms with Gasteiger partial charge in [-0.2, -0.15) is 0 Å². The van der Waals surface area contributed by atoms with Crippen molar-refractivity contribution in [2.24, 2.45) is 0 Å². The van der Waals surface area contributed by atoms with E-state index in [1.54, 1.807) is 16.2 Å². The standard InChI is InChI=1S/C21H17BrN2OS2/c1-13-8-9-14(2)19-18(13)23-21(27-19)24(12-15-6-4-3-5-7-15)20(25)16-10-11-17(22)26-16/h3-11H,12H2,1-2H3. The molecule has 0 N–H and O–H groups in total. The maximum absolute atomic E-state index is 13.3. The molecule has 0 spiro atoms. The van der Waals surface area contributed by atoms with E-state index in [9.17, 15) is 4.79 Å². The highest BCUT2D eigenvalue weighted by Gasteiger charge is 2.23. The summed E-state index contributed by atoms with van der Waals surface area (Å²) >= 11 is 6.48. The predicted molar refractivity (Wildman–Crippen MR) is 118 cm³/mol. The van der Waals surface area contributed by atoms with Crippen LogP contribution in [0.15, 0.2) is 58.4 Å². The molecule has 27 heavy (non-hydrogen) atoms. The molecule has 0 aliphatic rings. The third-order valence-electron chi connectivity index (χ3n) is 4.37. The minimum absolute atomic E-state index is 0.0242. The molecule has 4 aromatic rings. The van der Waals surface area contributed by atoms with Crippen LogP contribution in [0.25, 0.3) is 10.2 Å². The van der Waals surface area contributed by atoms with Crippen LogP contribution in [0.1, 0.15) is 26.4 Å². The largest absolute Gasteiger partial charge is 0.279 e. The van der Waals surface area contributed by atoms with Crippen molar-refractivity contribution in [1.29, 1.82) is 0 Å². The summed E-state index contributed by atoms with van der Waals surface area (Å²) in [5.41, 5.74) is 4.37. The molecule has 0 unspecified atom stereocenters. The number of fused-ring (bicyclic) bond motifs is 1. The second-order valence-corrected chi connectivity index (χ2v) is 9.79. The molecule has 1 amide bonds. The van der Waals surface area contributed by atoms with E-state index in [4.69, 9.17) is 4.98 Å². The number of nitrogens with zero attached hydrogens (tertiary/aromatic N) is 2. The highest BCUT2D eigenvalue weighted by atomic mass is 79.9. The van der Waals surface area contributed by atoms with Gasteiger partial charge in [0.15, 0.2) is 5.13 Å². The Hall–Kier alpha value is -2.02. The third-order valence-corrected chi connectivity index (χ3v) is 7.20. The van der Waals surface area contributed by atoms with Crippen LogP contribution in [0, 0.1) is 13.8 Å². The molecule has 0 radical (unpaired) electrons.